The molecule has 0 saturated carbocycles. The van der Waals surface area contributed by atoms with Crippen molar-refractivity contribution in [3.63, 3.8) is 0 Å². The number of halogens is 3. The lowest BCUT2D eigenvalue weighted by Crippen LogP contribution is -2.40. The zero-order chi connectivity index (χ0) is 29.2. The second kappa shape index (κ2) is 12.1. The van der Waals surface area contributed by atoms with E-state index < -0.39 is 22.5 Å². The van der Waals surface area contributed by atoms with E-state index in [-0.39, 0.29) is 4.90 Å². The van der Waals surface area contributed by atoms with Gasteiger partial charge in [-0.2, -0.15) is 5.10 Å². The molecule has 4 aromatic rings. The summed E-state index contributed by atoms with van der Waals surface area (Å²) in [6.45, 7) is 6.96. The van der Waals surface area contributed by atoms with Crippen molar-refractivity contribution in [2.75, 3.05) is 10.8 Å². The molecule has 40 heavy (non-hydrogen) atoms. The topological polar surface area (TPSA) is 83.8 Å². The van der Waals surface area contributed by atoms with Crippen LogP contribution in [-0.4, -0.2) is 31.7 Å². The predicted molar refractivity (Wildman–Crippen MR) is 163 cm³/mol. The highest BCUT2D eigenvalue weighted by Crippen LogP contribution is 2.30. The number of carbonyl (C=O) groups is 1. The average Bonchev–Trinajstić information content (AvgIpc) is 3.18. The van der Waals surface area contributed by atoms with Gasteiger partial charge in [0.25, 0.3) is 15.9 Å². The van der Waals surface area contributed by atoms with Crippen molar-refractivity contribution in [2.24, 2.45) is 5.10 Å². The normalized spacial score (nSPS) is 11.7. The lowest BCUT2D eigenvalue weighted by atomic mass is 10.2. The molecule has 1 heterocycles. The highest BCUT2D eigenvalue weighted by molar-refractivity contribution is 7.92. The zero-order valence-electron chi connectivity index (χ0n) is 22.2. The fourth-order valence-corrected chi connectivity index (χ4v) is 6.20. The number of nitrogens with one attached hydrogen (secondary N) is 1. The number of carbonyl (C=O) groups excluding carboxylic acids is 1. The minimum Gasteiger partial charge on any atom is -0.318 e. The maximum Gasteiger partial charge on any atom is 0.264 e. The van der Waals surface area contributed by atoms with Gasteiger partial charge in [-0.25, -0.2) is 13.8 Å². The first-order chi connectivity index (χ1) is 18.9. The van der Waals surface area contributed by atoms with Crippen LogP contribution >= 0.6 is 34.8 Å². The van der Waals surface area contributed by atoms with Crippen molar-refractivity contribution in [2.45, 2.75) is 32.6 Å². The molecular formula is C29H27Cl3N4O3S. The Bertz CT molecular complexity index is 1720. The number of hydrogen-bond acceptors (Lipinski definition) is 4. The average molecular weight is 618 g/mol. The molecule has 11 heteroatoms. The van der Waals surface area contributed by atoms with Gasteiger partial charge in [-0.05, 0) is 81.8 Å². The third-order valence-electron chi connectivity index (χ3n) is 6.36. The van der Waals surface area contributed by atoms with E-state index in [0.717, 1.165) is 32.5 Å². The van der Waals surface area contributed by atoms with Gasteiger partial charge in [0.1, 0.15) is 6.54 Å². The molecule has 0 aliphatic heterocycles. The summed E-state index contributed by atoms with van der Waals surface area (Å²) in [5.74, 6) is -0.621. The van der Waals surface area contributed by atoms with Gasteiger partial charge in [-0.3, -0.25) is 9.10 Å². The van der Waals surface area contributed by atoms with Crippen LogP contribution in [0.3, 0.4) is 0 Å². The smallest absolute Gasteiger partial charge is 0.264 e. The molecule has 0 radical (unpaired) electrons. The summed E-state index contributed by atoms with van der Waals surface area (Å²) in [5, 5.41) is 5.35. The van der Waals surface area contributed by atoms with Crippen molar-refractivity contribution in [1.82, 2.24) is 9.99 Å². The highest BCUT2D eigenvalue weighted by atomic mass is 35.5. The van der Waals surface area contributed by atoms with Crippen LogP contribution in [0.2, 0.25) is 15.1 Å². The Hall–Kier alpha value is -3.30. The number of hydrazone groups is 1. The second-order valence-corrected chi connectivity index (χ2v) is 12.4. The van der Waals surface area contributed by atoms with Crippen LogP contribution in [0, 0.1) is 27.7 Å². The lowest BCUT2D eigenvalue weighted by molar-refractivity contribution is -0.119. The molecule has 208 valence electrons. The summed E-state index contributed by atoms with van der Waals surface area (Å²) in [6, 6.07) is 18.6. The van der Waals surface area contributed by atoms with Crippen molar-refractivity contribution in [1.29, 1.82) is 0 Å². The van der Waals surface area contributed by atoms with Crippen molar-refractivity contribution < 1.29 is 13.2 Å². The molecule has 0 atom stereocenters. The molecule has 0 bridgehead atoms. The molecule has 0 saturated heterocycles. The van der Waals surface area contributed by atoms with Crippen molar-refractivity contribution in [3.8, 4) is 5.69 Å². The van der Waals surface area contributed by atoms with E-state index in [0.29, 0.717) is 26.3 Å². The van der Waals surface area contributed by atoms with Gasteiger partial charge in [0, 0.05) is 27.7 Å². The number of nitrogens with zero attached hydrogens (tertiary/aromatic N) is 3. The van der Waals surface area contributed by atoms with Crippen LogP contribution in [0.1, 0.15) is 28.1 Å². The molecule has 3 aromatic carbocycles. The van der Waals surface area contributed by atoms with Crippen LogP contribution in [0.4, 0.5) is 5.69 Å². The van der Waals surface area contributed by atoms with E-state index >= 15 is 0 Å². The largest absolute Gasteiger partial charge is 0.318 e. The van der Waals surface area contributed by atoms with Gasteiger partial charge in [-0.15, -0.1) is 0 Å². The molecule has 7 nitrogen and oxygen atoms in total. The molecule has 1 aromatic heterocycles. The number of sulfonamides is 1. The Kier molecular flexibility index (Phi) is 8.95. The third kappa shape index (κ3) is 6.36. The van der Waals surface area contributed by atoms with Crippen LogP contribution < -0.4 is 9.73 Å². The van der Waals surface area contributed by atoms with Gasteiger partial charge in [0.2, 0.25) is 0 Å². The summed E-state index contributed by atoms with van der Waals surface area (Å²) >= 11 is 18.5. The predicted octanol–water partition coefficient (Wildman–Crippen LogP) is 7.02. The summed E-state index contributed by atoms with van der Waals surface area (Å²) in [7, 11) is -4.09. The number of anilines is 1. The Morgan fingerprint density at radius 2 is 1.62 bits per heavy atom. The van der Waals surface area contributed by atoms with Crippen molar-refractivity contribution in [3.05, 3.63) is 110 Å². The fourth-order valence-electron chi connectivity index (χ4n) is 4.27. The molecule has 4 rings (SSSR count). The highest BCUT2D eigenvalue weighted by Gasteiger charge is 2.28. The molecule has 0 spiro atoms. The van der Waals surface area contributed by atoms with Gasteiger partial charge >= 0.3 is 0 Å². The molecule has 1 N–H and O–H groups in total. The van der Waals surface area contributed by atoms with E-state index in [1.165, 1.54) is 24.4 Å². The molecular weight excluding hydrogens is 591 g/mol. The van der Waals surface area contributed by atoms with E-state index in [1.54, 1.807) is 43.3 Å². The summed E-state index contributed by atoms with van der Waals surface area (Å²) < 4.78 is 30.3. The maximum absolute atomic E-state index is 13.6. The second-order valence-electron chi connectivity index (χ2n) is 9.31. The molecule has 0 unspecified atom stereocenters. The summed E-state index contributed by atoms with van der Waals surface area (Å²) in [4.78, 5) is 13.1. The maximum atomic E-state index is 13.6. The monoisotopic (exact) mass is 616 g/mol. The first-order valence-electron chi connectivity index (χ1n) is 12.2. The van der Waals surface area contributed by atoms with Crippen LogP contribution in [0.5, 0.6) is 0 Å². The Morgan fingerprint density at radius 3 is 2.30 bits per heavy atom. The number of hydrogen-bond donors (Lipinski definition) is 1. The lowest BCUT2D eigenvalue weighted by Gasteiger charge is -2.25. The molecule has 1 amide bonds. The first kappa shape index (κ1) is 29.7. The van der Waals surface area contributed by atoms with Crippen LogP contribution in [-0.2, 0) is 14.8 Å². The first-order valence-corrected chi connectivity index (χ1v) is 14.8. The van der Waals surface area contributed by atoms with Gasteiger partial charge in [0.15, 0.2) is 0 Å². The fraction of sp³-hybridized carbons (Fsp3) is 0.172. The van der Waals surface area contributed by atoms with Gasteiger partial charge in [0.05, 0.1) is 26.8 Å². The quantitative estimate of drug-likeness (QED) is 0.170. The Labute approximate surface area is 249 Å². The number of rotatable bonds is 8. The van der Waals surface area contributed by atoms with Gasteiger partial charge < -0.3 is 4.57 Å². The molecule has 0 fully saturated rings. The van der Waals surface area contributed by atoms with Crippen molar-refractivity contribution >= 4 is 62.6 Å². The minimum absolute atomic E-state index is 0.0588. The summed E-state index contributed by atoms with van der Waals surface area (Å²) in [6.07, 6.45) is 1.51. The van der Waals surface area contributed by atoms with Crippen LogP contribution in [0.25, 0.3) is 5.69 Å². The number of aromatic nitrogens is 1. The third-order valence-corrected chi connectivity index (χ3v) is 9.11. The molecule has 0 aliphatic carbocycles. The number of amides is 1. The molecule has 0 aliphatic rings. The Balaban J connectivity index is 1.58. The zero-order valence-corrected chi connectivity index (χ0v) is 25.3. The number of benzene rings is 3. The number of aryl methyl sites for hydroxylation is 3. The van der Waals surface area contributed by atoms with Crippen LogP contribution in [0.15, 0.2) is 76.7 Å². The van der Waals surface area contributed by atoms with E-state index in [4.69, 9.17) is 34.8 Å². The van der Waals surface area contributed by atoms with E-state index in [9.17, 15) is 13.2 Å². The van der Waals surface area contributed by atoms with E-state index in [2.05, 4.69) is 10.5 Å². The summed E-state index contributed by atoms with van der Waals surface area (Å²) in [5.41, 5.74) is 7.71. The standard InChI is InChI=1S/C29H27Cl3N4O3S/c1-18-5-10-25(11-6-18)40(38,39)35(28-14-23(30)8-7-19(28)2)17-29(37)34-33-16-22-13-20(3)36(21(22)4)24-9-12-26(31)27(32)15-24/h5-16H,17H2,1-4H3,(H,34,37)/b33-16+. The van der Waals surface area contributed by atoms with Gasteiger partial charge in [-0.1, -0.05) is 58.6 Å². The minimum atomic E-state index is -4.09. The van der Waals surface area contributed by atoms with E-state index in [1.807, 2.05) is 37.5 Å². The SMILES string of the molecule is Cc1ccc(S(=O)(=O)N(CC(=O)N/N=C/c2cc(C)n(-c3ccc(Cl)c(Cl)c3)c2C)c2cc(Cl)ccc2C)cc1. The Morgan fingerprint density at radius 1 is 0.925 bits per heavy atom.